The molecule has 0 aromatic rings. The van der Waals surface area contributed by atoms with E-state index in [-0.39, 0.29) is 29.3 Å². The summed E-state index contributed by atoms with van der Waals surface area (Å²) in [4.78, 5) is 27.6. The first-order valence-corrected chi connectivity index (χ1v) is 7.84. The van der Waals surface area contributed by atoms with Crippen LogP contribution in [0.4, 0.5) is 0 Å². The van der Waals surface area contributed by atoms with Crippen LogP contribution in [0, 0.1) is 5.41 Å². The van der Waals surface area contributed by atoms with E-state index in [2.05, 4.69) is 5.32 Å². The van der Waals surface area contributed by atoms with Crippen molar-refractivity contribution in [1.29, 1.82) is 0 Å². The Morgan fingerprint density at radius 3 is 2.15 bits per heavy atom. The number of piperazine rings is 1. The van der Waals surface area contributed by atoms with Crippen molar-refractivity contribution in [2.45, 2.75) is 84.3 Å². The van der Waals surface area contributed by atoms with Crippen LogP contribution in [0.1, 0.15) is 66.7 Å². The van der Waals surface area contributed by atoms with E-state index in [1.165, 1.54) is 0 Å². The van der Waals surface area contributed by atoms with Crippen molar-refractivity contribution in [1.82, 2.24) is 10.2 Å². The molecule has 0 aromatic carbocycles. The fourth-order valence-electron chi connectivity index (χ4n) is 3.69. The standard InChI is InChI=1S/C16H28N2O2/c1-11(2)18-12(15(3,4)5)13(19)17-16(14(18)20)9-7-6-8-10-16/h11-12H,6-10H2,1-5H3,(H,17,19). The molecule has 2 rings (SSSR count). The Balaban J connectivity index is 2.39. The van der Waals surface area contributed by atoms with Crippen LogP contribution in [0.25, 0.3) is 0 Å². The van der Waals surface area contributed by atoms with Crippen LogP contribution in [-0.4, -0.2) is 34.3 Å². The summed E-state index contributed by atoms with van der Waals surface area (Å²) in [6.45, 7) is 10.1. The van der Waals surface area contributed by atoms with E-state index in [0.29, 0.717) is 0 Å². The molecule has 114 valence electrons. The number of hydrogen-bond donors (Lipinski definition) is 1. The van der Waals surface area contributed by atoms with Gasteiger partial charge in [0.15, 0.2) is 0 Å². The molecule has 4 heteroatoms. The predicted octanol–water partition coefficient (Wildman–Crippen LogP) is 2.47. The summed E-state index contributed by atoms with van der Waals surface area (Å²) in [7, 11) is 0. The summed E-state index contributed by atoms with van der Waals surface area (Å²) in [5.41, 5.74) is -0.873. The maximum absolute atomic E-state index is 13.1. The second kappa shape index (κ2) is 5.05. The average molecular weight is 280 g/mol. The van der Waals surface area contributed by atoms with Crippen molar-refractivity contribution < 1.29 is 9.59 Å². The van der Waals surface area contributed by atoms with Gasteiger partial charge in [0, 0.05) is 6.04 Å². The topological polar surface area (TPSA) is 49.4 Å². The average Bonchev–Trinajstić information content (AvgIpc) is 2.32. The number of carbonyl (C=O) groups excluding carboxylic acids is 2. The molecule has 1 saturated heterocycles. The lowest BCUT2D eigenvalue weighted by molar-refractivity contribution is -0.163. The molecule has 0 radical (unpaired) electrons. The van der Waals surface area contributed by atoms with Crippen molar-refractivity contribution in [2.24, 2.45) is 5.41 Å². The van der Waals surface area contributed by atoms with Gasteiger partial charge < -0.3 is 10.2 Å². The summed E-state index contributed by atoms with van der Waals surface area (Å²) in [5.74, 6) is 0.152. The third kappa shape index (κ3) is 2.45. The Hall–Kier alpha value is -1.06. The zero-order valence-corrected chi connectivity index (χ0v) is 13.5. The van der Waals surface area contributed by atoms with Crippen LogP contribution >= 0.6 is 0 Å². The molecule has 1 aliphatic carbocycles. The Morgan fingerprint density at radius 1 is 1.15 bits per heavy atom. The highest BCUT2D eigenvalue weighted by Gasteiger charge is 2.54. The lowest BCUT2D eigenvalue weighted by atomic mass is 9.74. The molecule has 0 bridgehead atoms. The summed E-state index contributed by atoms with van der Waals surface area (Å²) >= 11 is 0. The molecule has 1 heterocycles. The zero-order chi connectivity index (χ0) is 15.1. The van der Waals surface area contributed by atoms with Gasteiger partial charge in [-0.3, -0.25) is 9.59 Å². The molecule has 1 unspecified atom stereocenters. The second-order valence-corrected chi connectivity index (χ2v) is 7.71. The lowest BCUT2D eigenvalue weighted by Gasteiger charge is -2.52. The van der Waals surface area contributed by atoms with Crippen molar-refractivity contribution in [3.63, 3.8) is 0 Å². The molecule has 2 amide bonds. The van der Waals surface area contributed by atoms with Crippen molar-refractivity contribution in [3.8, 4) is 0 Å². The van der Waals surface area contributed by atoms with Gasteiger partial charge in [0.1, 0.15) is 11.6 Å². The van der Waals surface area contributed by atoms with Gasteiger partial charge in [0.25, 0.3) is 0 Å². The molecule has 1 spiro atoms. The van der Waals surface area contributed by atoms with Crippen molar-refractivity contribution in [2.75, 3.05) is 0 Å². The normalized spacial score (nSPS) is 27.1. The van der Waals surface area contributed by atoms with Gasteiger partial charge in [-0.25, -0.2) is 0 Å². The maximum atomic E-state index is 13.1. The Labute approximate surface area is 122 Å². The quantitative estimate of drug-likeness (QED) is 0.802. The van der Waals surface area contributed by atoms with Gasteiger partial charge in [-0.2, -0.15) is 0 Å². The van der Waals surface area contributed by atoms with E-state index in [1.807, 2.05) is 39.5 Å². The molecule has 2 fully saturated rings. The number of nitrogens with zero attached hydrogens (tertiary/aromatic N) is 1. The molecule has 1 aliphatic heterocycles. The van der Waals surface area contributed by atoms with Gasteiger partial charge >= 0.3 is 0 Å². The van der Waals surface area contributed by atoms with E-state index in [1.54, 1.807) is 0 Å². The largest absolute Gasteiger partial charge is 0.340 e. The first-order valence-electron chi connectivity index (χ1n) is 7.84. The van der Waals surface area contributed by atoms with E-state index >= 15 is 0 Å². The monoisotopic (exact) mass is 280 g/mol. The summed E-state index contributed by atoms with van der Waals surface area (Å²) in [5, 5.41) is 3.09. The van der Waals surface area contributed by atoms with E-state index < -0.39 is 5.54 Å². The first kappa shape index (κ1) is 15.3. The Morgan fingerprint density at radius 2 is 1.70 bits per heavy atom. The summed E-state index contributed by atoms with van der Waals surface area (Å²) in [6.07, 6.45) is 4.79. The number of carbonyl (C=O) groups is 2. The van der Waals surface area contributed by atoms with Gasteiger partial charge in [-0.1, -0.05) is 40.0 Å². The molecule has 0 aromatic heterocycles. The highest BCUT2D eigenvalue weighted by Crippen LogP contribution is 2.38. The highest BCUT2D eigenvalue weighted by molar-refractivity contribution is 6.00. The van der Waals surface area contributed by atoms with Gasteiger partial charge in [-0.15, -0.1) is 0 Å². The minimum absolute atomic E-state index is 0.0210. The number of nitrogens with one attached hydrogen (secondary N) is 1. The molecule has 20 heavy (non-hydrogen) atoms. The molecule has 2 aliphatic rings. The minimum Gasteiger partial charge on any atom is -0.340 e. The van der Waals surface area contributed by atoms with Gasteiger partial charge in [0.05, 0.1) is 0 Å². The second-order valence-electron chi connectivity index (χ2n) is 7.71. The van der Waals surface area contributed by atoms with Crippen molar-refractivity contribution >= 4 is 11.8 Å². The molecule has 4 nitrogen and oxygen atoms in total. The lowest BCUT2D eigenvalue weighted by Crippen LogP contribution is -2.74. The molecule has 1 saturated carbocycles. The minimum atomic E-state index is -0.624. The van der Waals surface area contributed by atoms with Crippen molar-refractivity contribution in [3.05, 3.63) is 0 Å². The van der Waals surface area contributed by atoms with Crippen LogP contribution in [0.5, 0.6) is 0 Å². The number of hydrogen-bond acceptors (Lipinski definition) is 2. The third-order valence-corrected chi connectivity index (χ3v) is 4.62. The Bertz CT molecular complexity index is 403. The zero-order valence-electron chi connectivity index (χ0n) is 13.5. The molecular weight excluding hydrogens is 252 g/mol. The van der Waals surface area contributed by atoms with Crippen LogP contribution < -0.4 is 5.32 Å². The van der Waals surface area contributed by atoms with Crippen LogP contribution in [0.2, 0.25) is 0 Å². The summed E-state index contributed by atoms with van der Waals surface area (Å²) in [6, 6.07) is -0.320. The van der Waals surface area contributed by atoms with Crippen LogP contribution in [0.3, 0.4) is 0 Å². The molecule has 1 N–H and O–H groups in total. The predicted molar refractivity (Wildman–Crippen MR) is 79.2 cm³/mol. The van der Waals surface area contributed by atoms with E-state index in [9.17, 15) is 9.59 Å². The van der Waals surface area contributed by atoms with E-state index in [0.717, 1.165) is 32.1 Å². The first-order chi connectivity index (χ1) is 9.19. The van der Waals surface area contributed by atoms with Gasteiger partial charge in [-0.05, 0) is 32.1 Å². The fraction of sp³-hybridized carbons (Fsp3) is 0.875. The maximum Gasteiger partial charge on any atom is 0.249 e. The summed E-state index contributed by atoms with van der Waals surface area (Å²) < 4.78 is 0. The molecular formula is C16H28N2O2. The SMILES string of the molecule is CC(C)N1C(=O)C2(CCCCC2)NC(=O)C1C(C)(C)C. The third-order valence-electron chi connectivity index (χ3n) is 4.62. The number of amides is 2. The number of rotatable bonds is 1. The van der Waals surface area contributed by atoms with Gasteiger partial charge in [0.2, 0.25) is 11.8 Å². The smallest absolute Gasteiger partial charge is 0.249 e. The van der Waals surface area contributed by atoms with E-state index in [4.69, 9.17) is 0 Å². The van der Waals surface area contributed by atoms with Crippen LogP contribution in [-0.2, 0) is 9.59 Å². The Kier molecular flexibility index (Phi) is 3.87. The van der Waals surface area contributed by atoms with Crippen LogP contribution in [0.15, 0.2) is 0 Å². The fourth-order valence-corrected chi connectivity index (χ4v) is 3.69. The highest BCUT2D eigenvalue weighted by atomic mass is 16.2. The molecule has 1 atom stereocenters.